The minimum absolute atomic E-state index is 0.523. The normalized spacial score (nSPS) is 26.3. The summed E-state index contributed by atoms with van der Waals surface area (Å²) >= 11 is 0. The van der Waals surface area contributed by atoms with Crippen molar-refractivity contribution in [1.29, 1.82) is 0 Å². The van der Waals surface area contributed by atoms with Crippen LogP contribution in [0.2, 0.25) is 0 Å². The van der Waals surface area contributed by atoms with Gasteiger partial charge in [-0.1, -0.05) is 49.5 Å². The highest BCUT2D eigenvalue weighted by Crippen LogP contribution is 2.30. The smallest absolute Gasteiger partial charge is 0.0417 e. The molecule has 1 unspecified atom stereocenters. The van der Waals surface area contributed by atoms with Crippen LogP contribution in [0.15, 0.2) is 71.1 Å². The summed E-state index contributed by atoms with van der Waals surface area (Å²) in [5.74, 6) is 0.523. The lowest BCUT2D eigenvalue weighted by molar-refractivity contribution is 0.901. The maximum Gasteiger partial charge on any atom is 0.0417 e. The van der Waals surface area contributed by atoms with E-state index in [0.29, 0.717) is 5.92 Å². The van der Waals surface area contributed by atoms with Gasteiger partial charge in [-0.25, -0.2) is 0 Å². The Morgan fingerprint density at radius 3 is 3.06 bits per heavy atom. The van der Waals surface area contributed by atoms with E-state index < -0.39 is 0 Å². The third-order valence-electron chi connectivity index (χ3n) is 3.40. The molecule has 3 aliphatic rings. The molecule has 0 fully saturated rings. The number of hydrogen-bond acceptors (Lipinski definition) is 1. The molecule has 17 heavy (non-hydrogen) atoms. The second-order valence-electron chi connectivity index (χ2n) is 4.79. The Labute approximate surface area is 103 Å². The summed E-state index contributed by atoms with van der Waals surface area (Å²) in [6, 6.07) is 0. The first-order chi connectivity index (χ1) is 8.33. The van der Waals surface area contributed by atoms with Gasteiger partial charge in [-0.15, -0.1) is 0 Å². The molecule has 2 aliphatic carbocycles. The number of hydrogen-bond donors (Lipinski definition) is 1. The van der Waals surface area contributed by atoms with Crippen molar-refractivity contribution in [3.8, 4) is 0 Å². The fourth-order valence-electron chi connectivity index (χ4n) is 2.36. The Bertz CT molecular complexity index is 510. The summed E-state index contributed by atoms with van der Waals surface area (Å²) in [4.78, 5) is 0. The van der Waals surface area contributed by atoms with Crippen LogP contribution < -0.4 is 5.32 Å². The molecule has 0 spiro atoms. The Kier molecular flexibility index (Phi) is 2.60. The fourth-order valence-corrected chi connectivity index (χ4v) is 2.36. The lowest BCUT2D eigenvalue weighted by Gasteiger charge is -2.23. The Hall–Kier alpha value is -1.76. The van der Waals surface area contributed by atoms with Gasteiger partial charge in [0.05, 0.1) is 0 Å². The first kappa shape index (κ1) is 10.4. The molecule has 0 saturated carbocycles. The predicted octanol–water partition coefficient (Wildman–Crippen LogP) is 3.77. The van der Waals surface area contributed by atoms with Crippen LogP contribution >= 0.6 is 0 Å². The first-order valence-electron chi connectivity index (χ1n) is 6.26. The van der Waals surface area contributed by atoms with Crippen LogP contribution in [-0.2, 0) is 0 Å². The molecule has 0 aromatic rings. The molecule has 0 bridgehead atoms. The van der Waals surface area contributed by atoms with Crippen LogP contribution in [0, 0.1) is 5.92 Å². The molecule has 0 radical (unpaired) electrons. The van der Waals surface area contributed by atoms with Gasteiger partial charge in [0.25, 0.3) is 0 Å². The van der Waals surface area contributed by atoms with E-state index in [1.165, 1.54) is 22.5 Å². The third kappa shape index (κ3) is 2.05. The molecule has 0 aromatic heterocycles. The van der Waals surface area contributed by atoms with Crippen LogP contribution in [0.1, 0.15) is 19.8 Å². The van der Waals surface area contributed by atoms with Gasteiger partial charge in [-0.05, 0) is 29.6 Å². The highest BCUT2D eigenvalue weighted by molar-refractivity contribution is 5.51. The topological polar surface area (TPSA) is 12.0 Å². The Balaban J connectivity index is 2.00. The fraction of sp³-hybridized carbons (Fsp3) is 0.250. The Morgan fingerprint density at radius 2 is 2.12 bits per heavy atom. The lowest BCUT2D eigenvalue weighted by Crippen LogP contribution is -2.20. The molecule has 1 heterocycles. The van der Waals surface area contributed by atoms with Crippen LogP contribution in [0.5, 0.6) is 0 Å². The zero-order valence-electron chi connectivity index (χ0n) is 10.1. The number of allylic oxidation sites excluding steroid dienone is 10. The van der Waals surface area contributed by atoms with Crippen LogP contribution in [0.4, 0.5) is 0 Å². The van der Waals surface area contributed by atoms with Gasteiger partial charge >= 0.3 is 0 Å². The number of nitrogens with one attached hydrogen (secondary N) is 1. The molecular formula is C16H17N. The minimum Gasteiger partial charge on any atom is -0.355 e. The molecule has 1 aliphatic heterocycles. The Morgan fingerprint density at radius 1 is 1.24 bits per heavy atom. The molecule has 0 aromatic carbocycles. The van der Waals surface area contributed by atoms with E-state index in [9.17, 15) is 0 Å². The molecule has 1 atom stereocenters. The summed E-state index contributed by atoms with van der Waals surface area (Å²) in [7, 11) is 0. The monoisotopic (exact) mass is 223 g/mol. The van der Waals surface area contributed by atoms with Crippen LogP contribution in [-0.4, -0.2) is 0 Å². The van der Waals surface area contributed by atoms with E-state index in [-0.39, 0.29) is 0 Å². The zero-order chi connectivity index (χ0) is 11.7. The summed E-state index contributed by atoms with van der Waals surface area (Å²) in [6.45, 7) is 2.21. The van der Waals surface area contributed by atoms with Crippen molar-refractivity contribution in [2.45, 2.75) is 19.8 Å². The summed E-state index contributed by atoms with van der Waals surface area (Å²) < 4.78 is 0. The first-order valence-corrected chi connectivity index (χ1v) is 6.26. The van der Waals surface area contributed by atoms with Gasteiger partial charge in [-0.3, -0.25) is 0 Å². The number of fused-ring (bicyclic) bond motifs is 1. The van der Waals surface area contributed by atoms with E-state index in [4.69, 9.17) is 0 Å². The van der Waals surface area contributed by atoms with Gasteiger partial charge in [0.1, 0.15) is 0 Å². The van der Waals surface area contributed by atoms with Gasteiger partial charge in [-0.2, -0.15) is 0 Å². The van der Waals surface area contributed by atoms with Crippen LogP contribution in [0.3, 0.4) is 0 Å². The van der Waals surface area contributed by atoms with Crippen molar-refractivity contribution in [2.75, 3.05) is 0 Å². The standard InChI is InChI=1S/C16H17N/c1-12-7-9-14-11-13-5-3-2-4-6-15(13)17-16(14)10-8-12/h2-3,5-10,12,17H,4,11H2,1H3. The lowest BCUT2D eigenvalue weighted by atomic mass is 9.95. The van der Waals surface area contributed by atoms with E-state index in [1.54, 1.807) is 0 Å². The molecule has 0 amide bonds. The van der Waals surface area contributed by atoms with Gasteiger partial charge < -0.3 is 5.32 Å². The third-order valence-corrected chi connectivity index (χ3v) is 3.40. The van der Waals surface area contributed by atoms with E-state index >= 15 is 0 Å². The average Bonchev–Trinajstić information content (AvgIpc) is 2.66. The molecule has 1 nitrogen and oxygen atoms in total. The molecule has 86 valence electrons. The predicted molar refractivity (Wildman–Crippen MR) is 72.1 cm³/mol. The van der Waals surface area contributed by atoms with E-state index in [1.807, 2.05) is 0 Å². The largest absolute Gasteiger partial charge is 0.355 e. The van der Waals surface area contributed by atoms with Crippen molar-refractivity contribution >= 4 is 0 Å². The summed E-state index contributed by atoms with van der Waals surface area (Å²) in [5, 5.41) is 3.55. The van der Waals surface area contributed by atoms with Crippen molar-refractivity contribution in [3.05, 3.63) is 71.1 Å². The zero-order valence-corrected chi connectivity index (χ0v) is 10.1. The van der Waals surface area contributed by atoms with E-state index in [0.717, 1.165) is 12.8 Å². The van der Waals surface area contributed by atoms with Crippen molar-refractivity contribution in [2.24, 2.45) is 5.92 Å². The maximum absolute atomic E-state index is 3.55. The van der Waals surface area contributed by atoms with Gasteiger partial charge in [0.15, 0.2) is 0 Å². The van der Waals surface area contributed by atoms with Gasteiger partial charge in [0.2, 0.25) is 0 Å². The number of rotatable bonds is 0. The summed E-state index contributed by atoms with van der Waals surface area (Å²) in [6.07, 6.45) is 19.9. The highest BCUT2D eigenvalue weighted by Gasteiger charge is 2.18. The quantitative estimate of drug-likeness (QED) is 0.659. The molecule has 1 heteroatoms. The molecule has 1 N–H and O–H groups in total. The van der Waals surface area contributed by atoms with Crippen molar-refractivity contribution in [3.63, 3.8) is 0 Å². The molecular weight excluding hydrogens is 206 g/mol. The van der Waals surface area contributed by atoms with Crippen LogP contribution in [0.25, 0.3) is 0 Å². The minimum atomic E-state index is 0.523. The van der Waals surface area contributed by atoms with Crippen molar-refractivity contribution in [1.82, 2.24) is 5.32 Å². The average molecular weight is 223 g/mol. The highest BCUT2D eigenvalue weighted by atomic mass is 14.9. The second-order valence-corrected chi connectivity index (χ2v) is 4.79. The van der Waals surface area contributed by atoms with Crippen molar-refractivity contribution < 1.29 is 0 Å². The molecule has 3 rings (SSSR count). The molecule has 0 saturated heterocycles. The van der Waals surface area contributed by atoms with E-state index in [2.05, 4.69) is 60.8 Å². The van der Waals surface area contributed by atoms with Gasteiger partial charge in [0, 0.05) is 17.8 Å². The maximum atomic E-state index is 3.55. The SMILES string of the molecule is CC1C=CC2=C(C=C1)NC1=CCC=CC=C1C2. The second kappa shape index (κ2) is 4.25. The summed E-state index contributed by atoms with van der Waals surface area (Å²) in [5.41, 5.74) is 5.33.